The lowest BCUT2D eigenvalue weighted by Crippen LogP contribution is -2.02. The van der Waals surface area contributed by atoms with Crippen LogP contribution >= 0.6 is 0 Å². The van der Waals surface area contributed by atoms with Gasteiger partial charge >= 0.3 is 0 Å². The van der Waals surface area contributed by atoms with Crippen LogP contribution in [0.1, 0.15) is 70.8 Å². The lowest BCUT2D eigenvalue weighted by Gasteiger charge is -2.10. The molecule has 0 spiro atoms. The molecule has 1 aromatic carbocycles. The summed E-state index contributed by atoms with van der Waals surface area (Å²) in [5.41, 5.74) is 0.835. The predicted molar refractivity (Wildman–Crippen MR) is 110 cm³/mol. The highest BCUT2D eigenvalue weighted by Crippen LogP contribution is 2.28. The maximum Gasteiger partial charge on any atom is 0.201 e. The molecule has 0 N–H and O–H groups in total. The van der Waals surface area contributed by atoms with Gasteiger partial charge in [0.2, 0.25) is 5.82 Å². The van der Waals surface area contributed by atoms with E-state index in [1.165, 1.54) is 44.2 Å². The van der Waals surface area contributed by atoms with E-state index in [0.717, 1.165) is 24.8 Å². The minimum atomic E-state index is -0.988. The smallest absolute Gasteiger partial charge is 0.201 e. The summed E-state index contributed by atoms with van der Waals surface area (Å²) < 4.78 is 34.2. The van der Waals surface area contributed by atoms with Gasteiger partial charge < -0.3 is 4.74 Å². The third-order valence-electron chi connectivity index (χ3n) is 4.57. The third kappa shape index (κ3) is 6.70. The quantitative estimate of drug-likeness (QED) is 0.368. The summed E-state index contributed by atoms with van der Waals surface area (Å²) in [6, 6.07) is 2.91. The molecule has 0 fully saturated rings. The maximum absolute atomic E-state index is 14.4. The van der Waals surface area contributed by atoms with E-state index in [1.54, 1.807) is 12.4 Å². The summed E-state index contributed by atoms with van der Waals surface area (Å²) in [5.74, 6) is -1.88. The molecule has 0 saturated carbocycles. The van der Waals surface area contributed by atoms with Crippen LogP contribution in [-0.2, 0) is 0 Å². The average Bonchev–Trinajstić information content (AvgIpc) is 2.71. The number of nitrogens with zero attached hydrogens (tertiary/aromatic N) is 2. The van der Waals surface area contributed by atoms with Crippen LogP contribution in [0.5, 0.6) is 5.75 Å². The summed E-state index contributed by atoms with van der Waals surface area (Å²) in [5, 5.41) is 0. The average molecular weight is 389 g/mol. The van der Waals surface area contributed by atoms with Crippen molar-refractivity contribution in [2.75, 3.05) is 6.61 Å². The minimum absolute atomic E-state index is 0.0314. The van der Waals surface area contributed by atoms with Crippen LogP contribution in [0.3, 0.4) is 0 Å². The van der Waals surface area contributed by atoms with E-state index in [1.807, 2.05) is 19.1 Å². The first-order chi connectivity index (χ1) is 13.7. The first-order valence-electron chi connectivity index (χ1n) is 10.2. The van der Waals surface area contributed by atoms with Crippen LogP contribution in [0.2, 0.25) is 0 Å². The molecule has 28 heavy (non-hydrogen) atoms. The molecule has 152 valence electrons. The molecule has 0 bridgehead atoms. The first-order valence-corrected chi connectivity index (χ1v) is 10.2. The van der Waals surface area contributed by atoms with Crippen LogP contribution in [-0.4, -0.2) is 16.6 Å². The lowest BCUT2D eigenvalue weighted by atomic mass is 10.1. The zero-order chi connectivity index (χ0) is 20.2. The second-order valence-corrected chi connectivity index (χ2v) is 6.90. The molecular formula is C23H30F2N2O. The molecule has 5 heteroatoms. The second kappa shape index (κ2) is 12.2. The predicted octanol–water partition coefficient (Wildman–Crippen LogP) is 6.97. The number of halogens is 2. The molecule has 1 heterocycles. The van der Waals surface area contributed by atoms with E-state index in [2.05, 4.69) is 16.9 Å². The number of ether oxygens (including phenoxy) is 1. The van der Waals surface area contributed by atoms with Crippen LogP contribution in [0, 0.1) is 11.6 Å². The molecule has 2 rings (SSSR count). The van der Waals surface area contributed by atoms with Gasteiger partial charge in [-0.05, 0) is 25.5 Å². The SMILES string of the molecule is C/C=C/c1cnc(-c2ccc(OCCCCCCCCCC)c(F)c2F)nc1. The van der Waals surface area contributed by atoms with E-state index in [0.29, 0.717) is 6.61 Å². The normalized spacial score (nSPS) is 11.3. The number of benzene rings is 1. The fourth-order valence-corrected chi connectivity index (χ4v) is 2.99. The molecular weight excluding hydrogens is 358 g/mol. The van der Waals surface area contributed by atoms with Crippen molar-refractivity contribution in [2.45, 2.75) is 65.2 Å². The molecule has 0 unspecified atom stereocenters. The van der Waals surface area contributed by atoms with Gasteiger partial charge in [0.1, 0.15) is 0 Å². The van der Waals surface area contributed by atoms with Crippen LogP contribution in [0.4, 0.5) is 8.78 Å². The Labute approximate surface area is 166 Å². The summed E-state index contributed by atoms with van der Waals surface area (Å²) in [6.45, 7) is 4.48. The van der Waals surface area contributed by atoms with Gasteiger partial charge in [0, 0.05) is 18.0 Å². The molecule has 0 saturated heterocycles. The topological polar surface area (TPSA) is 35.0 Å². The van der Waals surface area contributed by atoms with Crippen LogP contribution in [0.25, 0.3) is 17.5 Å². The van der Waals surface area contributed by atoms with Crippen LogP contribution < -0.4 is 4.74 Å². The van der Waals surface area contributed by atoms with Crippen molar-refractivity contribution in [3.63, 3.8) is 0 Å². The number of hydrogen-bond donors (Lipinski definition) is 0. The zero-order valence-electron chi connectivity index (χ0n) is 16.9. The number of rotatable bonds is 12. The van der Waals surface area contributed by atoms with Gasteiger partial charge in [0.25, 0.3) is 0 Å². The largest absolute Gasteiger partial charge is 0.490 e. The fourth-order valence-electron chi connectivity index (χ4n) is 2.99. The van der Waals surface area contributed by atoms with Crippen molar-refractivity contribution < 1.29 is 13.5 Å². The summed E-state index contributed by atoms with van der Waals surface area (Å²) in [6.07, 6.45) is 16.2. The van der Waals surface area contributed by atoms with E-state index in [-0.39, 0.29) is 17.1 Å². The minimum Gasteiger partial charge on any atom is -0.490 e. The molecule has 0 radical (unpaired) electrons. The standard InChI is InChI=1S/C23H30F2N2O/c1-3-5-6-7-8-9-10-11-15-28-20-14-13-19(21(24)22(20)25)23-26-16-18(12-4-2)17-27-23/h4,12-14,16-17H,3,5-11,15H2,1-2H3/b12-4+. The Balaban J connectivity index is 1.84. The third-order valence-corrected chi connectivity index (χ3v) is 4.57. The summed E-state index contributed by atoms with van der Waals surface area (Å²) in [7, 11) is 0. The van der Waals surface area contributed by atoms with Gasteiger partial charge in [0.05, 0.1) is 12.2 Å². The Kier molecular flexibility index (Phi) is 9.60. The van der Waals surface area contributed by atoms with Gasteiger partial charge in [0.15, 0.2) is 17.4 Å². The Hall–Kier alpha value is -2.30. The molecule has 0 amide bonds. The molecule has 1 aromatic heterocycles. The van der Waals surface area contributed by atoms with Gasteiger partial charge in [-0.15, -0.1) is 0 Å². The molecule has 3 nitrogen and oxygen atoms in total. The molecule has 0 aliphatic carbocycles. The highest BCUT2D eigenvalue weighted by Gasteiger charge is 2.17. The van der Waals surface area contributed by atoms with Crippen LogP contribution in [0.15, 0.2) is 30.6 Å². The fraction of sp³-hybridized carbons (Fsp3) is 0.478. The number of hydrogen-bond acceptors (Lipinski definition) is 3. The first kappa shape index (κ1) is 22.0. The highest BCUT2D eigenvalue weighted by molar-refractivity contribution is 5.59. The van der Waals surface area contributed by atoms with Crippen molar-refractivity contribution in [1.29, 1.82) is 0 Å². The molecule has 0 atom stereocenters. The molecule has 0 aliphatic rings. The Morgan fingerprint density at radius 3 is 2.18 bits per heavy atom. The van der Waals surface area contributed by atoms with Crippen molar-refractivity contribution in [3.8, 4) is 17.1 Å². The van der Waals surface area contributed by atoms with Gasteiger partial charge in [-0.25, -0.2) is 14.4 Å². The second-order valence-electron chi connectivity index (χ2n) is 6.90. The molecule has 2 aromatic rings. The van der Waals surface area contributed by atoms with Crippen molar-refractivity contribution >= 4 is 6.08 Å². The van der Waals surface area contributed by atoms with Gasteiger partial charge in [-0.1, -0.05) is 64.0 Å². The maximum atomic E-state index is 14.4. The lowest BCUT2D eigenvalue weighted by molar-refractivity contribution is 0.285. The monoisotopic (exact) mass is 388 g/mol. The highest BCUT2D eigenvalue weighted by atomic mass is 19.2. The zero-order valence-corrected chi connectivity index (χ0v) is 16.9. The summed E-state index contributed by atoms with van der Waals surface area (Å²) in [4.78, 5) is 8.22. The molecule has 0 aliphatic heterocycles. The van der Waals surface area contributed by atoms with E-state index in [9.17, 15) is 8.78 Å². The number of unbranched alkanes of at least 4 members (excludes halogenated alkanes) is 7. The van der Waals surface area contributed by atoms with Gasteiger partial charge in [-0.3, -0.25) is 0 Å². The number of allylic oxidation sites excluding steroid dienone is 1. The van der Waals surface area contributed by atoms with Gasteiger partial charge in [-0.2, -0.15) is 4.39 Å². The number of aromatic nitrogens is 2. The van der Waals surface area contributed by atoms with Crippen molar-refractivity contribution in [1.82, 2.24) is 9.97 Å². The van der Waals surface area contributed by atoms with E-state index < -0.39 is 11.6 Å². The Morgan fingerprint density at radius 1 is 0.893 bits per heavy atom. The van der Waals surface area contributed by atoms with E-state index in [4.69, 9.17) is 4.74 Å². The van der Waals surface area contributed by atoms with E-state index >= 15 is 0 Å². The van der Waals surface area contributed by atoms with Crippen molar-refractivity contribution in [2.24, 2.45) is 0 Å². The Bertz CT molecular complexity index is 745. The summed E-state index contributed by atoms with van der Waals surface area (Å²) >= 11 is 0. The van der Waals surface area contributed by atoms with Crippen molar-refractivity contribution in [3.05, 3.63) is 47.8 Å². The Morgan fingerprint density at radius 2 is 1.54 bits per heavy atom.